The topological polar surface area (TPSA) is 78.7 Å². The number of likely N-dealkylation sites (N-methyl/N-ethyl adjacent to an activating group) is 1. The Morgan fingerprint density at radius 2 is 1.73 bits per heavy atom. The lowest BCUT2D eigenvalue weighted by Crippen LogP contribution is -2.44. The summed E-state index contributed by atoms with van der Waals surface area (Å²) >= 11 is 0. The standard InChI is InChI=1S/C22H26F3N7O/c1-14-18(15(2)32-21(26-14)28-20(29-32)22(23,24)25)8-9-19(33)27-16-4-6-17(7-5-16)31-12-10-30(3)11-13-31/h4-7H,8-13H2,1-3H3,(H,27,33). The lowest BCUT2D eigenvalue weighted by Gasteiger charge is -2.34. The Hall–Kier alpha value is -3.21. The van der Waals surface area contributed by atoms with Crippen molar-refractivity contribution in [2.24, 2.45) is 0 Å². The number of alkyl halides is 3. The van der Waals surface area contributed by atoms with Crippen LogP contribution in [0.4, 0.5) is 24.5 Å². The molecular formula is C22H26F3N7O. The monoisotopic (exact) mass is 461 g/mol. The van der Waals surface area contributed by atoms with Crippen molar-refractivity contribution in [3.63, 3.8) is 0 Å². The molecule has 4 rings (SSSR count). The second kappa shape index (κ2) is 8.97. The molecule has 1 fully saturated rings. The molecule has 1 aromatic carbocycles. The van der Waals surface area contributed by atoms with E-state index in [1.54, 1.807) is 13.8 Å². The van der Waals surface area contributed by atoms with Crippen LogP contribution >= 0.6 is 0 Å². The molecule has 1 amide bonds. The average molecular weight is 461 g/mol. The van der Waals surface area contributed by atoms with Crippen LogP contribution in [0.5, 0.6) is 0 Å². The molecule has 33 heavy (non-hydrogen) atoms. The minimum absolute atomic E-state index is 0.106. The van der Waals surface area contributed by atoms with Gasteiger partial charge in [0, 0.05) is 55.4 Å². The maximum atomic E-state index is 12.9. The number of anilines is 2. The number of hydrogen-bond acceptors (Lipinski definition) is 6. The first-order chi connectivity index (χ1) is 15.6. The summed E-state index contributed by atoms with van der Waals surface area (Å²) in [5.74, 6) is -1.52. The summed E-state index contributed by atoms with van der Waals surface area (Å²) in [5, 5.41) is 6.42. The minimum Gasteiger partial charge on any atom is -0.369 e. The van der Waals surface area contributed by atoms with E-state index in [2.05, 4.69) is 37.2 Å². The lowest BCUT2D eigenvalue weighted by molar-refractivity contribution is -0.144. The van der Waals surface area contributed by atoms with Crippen molar-refractivity contribution < 1.29 is 18.0 Å². The first kappa shape index (κ1) is 23.0. The Morgan fingerprint density at radius 3 is 2.36 bits per heavy atom. The van der Waals surface area contributed by atoms with Crippen LogP contribution in [-0.2, 0) is 17.4 Å². The maximum Gasteiger partial charge on any atom is 0.453 e. The van der Waals surface area contributed by atoms with Gasteiger partial charge in [0.2, 0.25) is 5.91 Å². The van der Waals surface area contributed by atoms with Gasteiger partial charge in [-0.3, -0.25) is 4.79 Å². The van der Waals surface area contributed by atoms with Crippen molar-refractivity contribution in [1.29, 1.82) is 0 Å². The van der Waals surface area contributed by atoms with Crippen LogP contribution in [-0.4, -0.2) is 63.6 Å². The van der Waals surface area contributed by atoms with Gasteiger partial charge < -0.3 is 15.1 Å². The van der Waals surface area contributed by atoms with E-state index < -0.39 is 12.0 Å². The van der Waals surface area contributed by atoms with Crippen LogP contribution in [0.3, 0.4) is 0 Å². The second-order valence-corrected chi connectivity index (χ2v) is 8.29. The molecule has 0 saturated carbocycles. The SMILES string of the molecule is Cc1nc2nc(C(F)(F)F)nn2c(C)c1CCC(=O)Nc1ccc(N2CCN(C)CC2)cc1. The molecule has 0 spiro atoms. The van der Waals surface area contributed by atoms with Gasteiger partial charge in [0.1, 0.15) is 0 Å². The third kappa shape index (κ3) is 5.08. The fourth-order valence-electron chi connectivity index (χ4n) is 3.97. The first-order valence-electron chi connectivity index (χ1n) is 10.8. The number of hydrogen-bond donors (Lipinski definition) is 1. The third-order valence-corrected chi connectivity index (χ3v) is 5.92. The van der Waals surface area contributed by atoms with Gasteiger partial charge >= 0.3 is 6.18 Å². The molecule has 1 N–H and O–H groups in total. The Morgan fingerprint density at radius 1 is 1.06 bits per heavy atom. The fraction of sp³-hybridized carbons (Fsp3) is 0.455. The summed E-state index contributed by atoms with van der Waals surface area (Å²) in [6.45, 7) is 7.32. The molecule has 0 atom stereocenters. The maximum absolute atomic E-state index is 12.9. The van der Waals surface area contributed by atoms with E-state index in [4.69, 9.17) is 0 Å². The van der Waals surface area contributed by atoms with Gasteiger partial charge in [0.25, 0.3) is 11.6 Å². The zero-order chi connectivity index (χ0) is 23.8. The molecule has 0 radical (unpaired) electrons. The summed E-state index contributed by atoms with van der Waals surface area (Å²) in [4.78, 5) is 24.7. The van der Waals surface area contributed by atoms with E-state index in [-0.39, 0.29) is 18.1 Å². The normalized spacial score (nSPS) is 15.3. The number of halogens is 3. The molecule has 0 aliphatic carbocycles. The van der Waals surface area contributed by atoms with E-state index in [1.807, 2.05) is 24.3 Å². The molecule has 1 saturated heterocycles. The van der Waals surface area contributed by atoms with Crippen molar-refractivity contribution in [3.8, 4) is 0 Å². The summed E-state index contributed by atoms with van der Waals surface area (Å²) in [7, 11) is 2.11. The molecule has 2 aromatic heterocycles. The highest BCUT2D eigenvalue weighted by molar-refractivity contribution is 5.91. The second-order valence-electron chi connectivity index (χ2n) is 8.29. The summed E-state index contributed by atoms with van der Waals surface area (Å²) < 4.78 is 39.9. The van der Waals surface area contributed by atoms with E-state index in [9.17, 15) is 18.0 Å². The van der Waals surface area contributed by atoms with Crippen molar-refractivity contribution in [2.75, 3.05) is 43.4 Å². The summed E-state index contributed by atoms with van der Waals surface area (Å²) in [6.07, 6.45) is -4.16. The van der Waals surface area contributed by atoms with Gasteiger partial charge in [-0.1, -0.05) is 0 Å². The lowest BCUT2D eigenvalue weighted by atomic mass is 10.1. The van der Waals surface area contributed by atoms with Crippen molar-refractivity contribution in [1.82, 2.24) is 24.5 Å². The van der Waals surface area contributed by atoms with E-state index in [0.29, 0.717) is 29.1 Å². The highest BCUT2D eigenvalue weighted by atomic mass is 19.4. The molecular weight excluding hydrogens is 435 g/mol. The van der Waals surface area contributed by atoms with Gasteiger partial charge in [0.05, 0.1) is 0 Å². The van der Waals surface area contributed by atoms with Gasteiger partial charge in [-0.25, -0.2) is 9.50 Å². The van der Waals surface area contributed by atoms with E-state index in [0.717, 1.165) is 36.4 Å². The Kier molecular flexibility index (Phi) is 6.24. The Balaban J connectivity index is 1.39. The molecule has 3 heterocycles. The average Bonchev–Trinajstić information content (AvgIpc) is 3.19. The molecule has 1 aliphatic heterocycles. The van der Waals surface area contributed by atoms with Crippen molar-refractivity contribution >= 4 is 23.1 Å². The van der Waals surface area contributed by atoms with Crippen molar-refractivity contribution in [2.45, 2.75) is 32.9 Å². The molecule has 11 heteroatoms. The largest absolute Gasteiger partial charge is 0.453 e. The zero-order valence-electron chi connectivity index (χ0n) is 18.8. The number of nitrogens with one attached hydrogen (secondary N) is 1. The number of aromatic nitrogens is 4. The smallest absolute Gasteiger partial charge is 0.369 e. The highest BCUT2D eigenvalue weighted by Crippen LogP contribution is 2.27. The van der Waals surface area contributed by atoms with Crippen LogP contribution in [0.1, 0.15) is 29.2 Å². The molecule has 1 aliphatic rings. The fourth-order valence-corrected chi connectivity index (χ4v) is 3.97. The van der Waals surface area contributed by atoms with E-state index >= 15 is 0 Å². The number of amides is 1. The predicted octanol–water partition coefficient (Wildman–Crippen LogP) is 3.08. The number of fused-ring (bicyclic) bond motifs is 1. The number of piperazine rings is 1. The number of carbonyl (C=O) groups is 1. The Labute approximate surface area is 189 Å². The van der Waals surface area contributed by atoms with Crippen LogP contribution in [0.2, 0.25) is 0 Å². The van der Waals surface area contributed by atoms with Crippen LogP contribution in [0.15, 0.2) is 24.3 Å². The molecule has 176 valence electrons. The number of aryl methyl sites for hydroxylation is 2. The predicted molar refractivity (Wildman–Crippen MR) is 118 cm³/mol. The van der Waals surface area contributed by atoms with E-state index in [1.165, 1.54) is 0 Å². The summed E-state index contributed by atoms with van der Waals surface area (Å²) in [6, 6.07) is 7.75. The number of nitrogens with zero attached hydrogens (tertiary/aromatic N) is 6. The molecule has 8 nitrogen and oxygen atoms in total. The number of carbonyl (C=O) groups excluding carboxylic acids is 1. The third-order valence-electron chi connectivity index (χ3n) is 5.92. The Bertz CT molecular complexity index is 1150. The molecule has 0 bridgehead atoms. The van der Waals surface area contributed by atoms with Gasteiger partial charge in [-0.05, 0) is 57.1 Å². The van der Waals surface area contributed by atoms with Gasteiger partial charge in [0.15, 0.2) is 0 Å². The van der Waals surface area contributed by atoms with Gasteiger partial charge in [-0.15, -0.1) is 5.10 Å². The minimum atomic E-state index is -4.64. The highest BCUT2D eigenvalue weighted by Gasteiger charge is 2.37. The van der Waals surface area contributed by atoms with Crippen molar-refractivity contribution in [3.05, 3.63) is 47.0 Å². The van der Waals surface area contributed by atoms with Crippen LogP contribution < -0.4 is 10.2 Å². The van der Waals surface area contributed by atoms with Crippen LogP contribution in [0.25, 0.3) is 5.78 Å². The quantitative estimate of drug-likeness (QED) is 0.629. The number of benzene rings is 1. The number of rotatable bonds is 5. The first-order valence-corrected chi connectivity index (χ1v) is 10.8. The molecule has 0 unspecified atom stereocenters. The molecule has 3 aromatic rings. The van der Waals surface area contributed by atoms with Gasteiger partial charge in [-0.2, -0.15) is 18.2 Å². The summed E-state index contributed by atoms with van der Waals surface area (Å²) in [5.41, 5.74) is 3.53. The zero-order valence-corrected chi connectivity index (χ0v) is 18.8. The van der Waals surface area contributed by atoms with Crippen LogP contribution in [0, 0.1) is 13.8 Å².